The molecule has 56 heavy (non-hydrogen) atoms. The van der Waals surface area contributed by atoms with Crippen molar-refractivity contribution < 1.29 is 71.5 Å². The number of hydrogen-bond donors (Lipinski definition) is 0. The van der Waals surface area contributed by atoms with Gasteiger partial charge in [-0.1, -0.05) is 20.8 Å². The fraction of sp³-hybridized carbons (Fsp3) is 0.829. The van der Waals surface area contributed by atoms with Gasteiger partial charge in [0.15, 0.2) is 18.3 Å². The van der Waals surface area contributed by atoms with Gasteiger partial charge >= 0.3 is 41.8 Å². The molecule has 0 bridgehead atoms. The maximum Gasteiger partial charge on any atom is 0.339 e. The first kappa shape index (κ1) is 43.4. The van der Waals surface area contributed by atoms with Crippen molar-refractivity contribution in [1.82, 2.24) is 0 Å². The van der Waals surface area contributed by atoms with E-state index in [0.717, 1.165) is 79.2 Å². The summed E-state index contributed by atoms with van der Waals surface area (Å²) in [5, 5.41) is 0. The van der Waals surface area contributed by atoms with Crippen LogP contribution in [0, 0.1) is 46.3 Å². The summed E-state index contributed by atoms with van der Waals surface area (Å²) < 4.78 is 44.2. The molecule has 1 saturated heterocycles. The number of ether oxygens (including phenoxy) is 8. The Balaban J connectivity index is 1.29. The maximum atomic E-state index is 13.5. The maximum absolute atomic E-state index is 13.5. The van der Waals surface area contributed by atoms with Gasteiger partial charge in [0.1, 0.15) is 12.2 Å². The smallest absolute Gasteiger partial charge is 0.339 e. The molecule has 0 unspecified atom stereocenters. The summed E-state index contributed by atoms with van der Waals surface area (Å²) in [4.78, 5) is 86.9. The average molecular weight is 793 g/mol. The summed E-state index contributed by atoms with van der Waals surface area (Å²) in [6.45, 7) is 13.1. The molecule has 1 heterocycles. The molecular formula is C41H60O15. The van der Waals surface area contributed by atoms with E-state index in [-0.39, 0.29) is 65.1 Å². The Morgan fingerprint density at radius 2 is 1.23 bits per heavy atom. The SMILES string of the molecule is COC(=O)[C@H]1O[C@H](OC(=O)CC[C@@H](C)[C@H]2CC[C@H]3[C@@H]4[C@@H](OC(C)=O)C[C@@H]5C[C@H](OC(C)=O)CC[C@]5(C)[C@H]4CC[C@]23C)[C@H](OC(C)=O)[C@@H](OC(C)=O)[C@@H]1OC(C)=O. The monoisotopic (exact) mass is 792 g/mol. The number of esters is 7. The Bertz CT molecular complexity index is 1530. The molecule has 5 rings (SSSR count). The van der Waals surface area contributed by atoms with Gasteiger partial charge in [0.2, 0.25) is 12.4 Å². The van der Waals surface area contributed by atoms with E-state index >= 15 is 0 Å². The van der Waals surface area contributed by atoms with Gasteiger partial charge in [-0.25, -0.2) is 4.79 Å². The van der Waals surface area contributed by atoms with E-state index in [0.29, 0.717) is 18.3 Å². The molecule has 4 saturated carbocycles. The van der Waals surface area contributed by atoms with Gasteiger partial charge in [0.25, 0.3) is 0 Å². The van der Waals surface area contributed by atoms with Crippen molar-refractivity contribution in [3.63, 3.8) is 0 Å². The van der Waals surface area contributed by atoms with Gasteiger partial charge in [-0.3, -0.25) is 28.8 Å². The third kappa shape index (κ3) is 9.02. The summed E-state index contributed by atoms with van der Waals surface area (Å²) in [5.41, 5.74) is 0.00208. The van der Waals surface area contributed by atoms with Gasteiger partial charge in [0.05, 0.1) is 7.11 Å². The summed E-state index contributed by atoms with van der Waals surface area (Å²) in [6, 6.07) is 0. The Morgan fingerprint density at radius 1 is 0.661 bits per heavy atom. The standard InChI is InChI=1S/C41H60O15/c1-20(10-13-32(47)55-39-37(54-25(6)46)35(53-24(5)45)34(52-23(4)44)36(56-39)38(48)49-9)28-11-12-29-33-30(15-17-41(28,29)8)40(7)16-14-27(50-21(2)42)18-26(40)19-31(33)51-22(3)43/h20,26-31,33-37,39H,10-19H2,1-9H3/t20-,26+,27-,28-,29+,30+,31+,33+,34+,35+,36+,37-,39+,40+,41-/m1/s1. The van der Waals surface area contributed by atoms with Crippen molar-refractivity contribution in [3.8, 4) is 0 Å². The largest absolute Gasteiger partial charge is 0.467 e. The molecule has 15 atom stereocenters. The molecule has 0 aromatic carbocycles. The lowest BCUT2D eigenvalue weighted by atomic mass is 9.43. The van der Waals surface area contributed by atoms with Gasteiger partial charge in [-0.2, -0.15) is 0 Å². The van der Waals surface area contributed by atoms with Crippen molar-refractivity contribution in [3.05, 3.63) is 0 Å². The van der Waals surface area contributed by atoms with E-state index in [9.17, 15) is 33.6 Å². The molecule has 0 amide bonds. The highest BCUT2D eigenvalue weighted by atomic mass is 16.7. The zero-order valence-electron chi connectivity index (χ0n) is 34.2. The molecule has 0 aromatic rings. The van der Waals surface area contributed by atoms with Crippen LogP contribution in [-0.4, -0.2) is 91.8 Å². The van der Waals surface area contributed by atoms with Gasteiger partial charge in [0, 0.05) is 47.0 Å². The molecule has 1 aliphatic heterocycles. The third-order valence-corrected chi connectivity index (χ3v) is 13.9. The molecule has 0 N–H and O–H groups in total. The summed E-state index contributed by atoms with van der Waals surface area (Å²) in [6.07, 6.45) is -0.636. The number of methoxy groups -OCH3 is 1. The zero-order chi connectivity index (χ0) is 41.3. The van der Waals surface area contributed by atoms with Crippen molar-refractivity contribution in [1.29, 1.82) is 0 Å². The topological polar surface area (TPSA) is 193 Å². The summed E-state index contributed by atoms with van der Waals surface area (Å²) in [5.74, 6) is -3.14. The molecule has 5 aliphatic rings. The van der Waals surface area contributed by atoms with Crippen molar-refractivity contribution in [2.75, 3.05) is 7.11 Å². The number of carbonyl (C=O) groups is 7. The second kappa shape index (κ2) is 17.4. The van der Waals surface area contributed by atoms with Crippen LogP contribution in [-0.2, 0) is 71.5 Å². The van der Waals surface area contributed by atoms with E-state index in [4.69, 9.17) is 37.9 Å². The lowest BCUT2D eigenvalue weighted by molar-refractivity contribution is -0.294. The second-order valence-corrected chi connectivity index (χ2v) is 17.3. The molecule has 5 fully saturated rings. The Hall–Kier alpha value is -3.75. The average Bonchev–Trinajstić information content (AvgIpc) is 3.46. The predicted octanol–water partition coefficient (Wildman–Crippen LogP) is 4.77. The highest BCUT2D eigenvalue weighted by molar-refractivity contribution is 5.77. The number of fused-ring (bicyclic) bond motifs is 5. The highest BCUT2D eigenvalue weighted by Crippen LogP contribution is 2.69. The van der Waals surface area contributed by atoms with Crippen molar-refractivity contribution >= 4 is 41.8 Å². The Labute approximate surface area is 328 Å². The van der Waals surface area contributed by atoms with Crippen LogP contribution in [0.15, 0.2) is 0 Å². The zero-order valence-corrected chi connectivity index (χ0v) is 34.2. The lowest BCUT2D eigenvalue weighted by Crippen LogP contribution is -2.64. The minimum absolute atomic E-state index is 0.0229. The van der Waals surface area contributed by atoms with E-state index in [1.807, 2.05) is 0 Å². The Morgan fingerprint density at radius 3 is 1.84 bits per heavy atom. The van der Waals surface area contributed by atoms with Gasteiger partial charge in [-0.15, -0.1) is 0 Å². The normalized spacial score (nSPS) is 39.2. The quantitative estimate of drug-likeness (QED) is 0.205. The second-order valence-electron chi connectivity index (χ2n) is 17.3. The first-order valence-electron chi connectivity index (χ1n) is 20.1. The molecule has 0 radical (unpaired) electrons. The summed E-state index contributed by atoms with van der Waals surface area (Å²) in [7, 11) is 1.08. The van der Waals surface area contributed by atoms with Crippen molar-refractivity contribution in [2.45, 2.75) is 163 Å². The first-order valence-corrected chi connectivity index (χ1v) is 20.1. The number of rotatable bonds is 11. The van der Waals surface area contributed by atoms with E-state index < -0.39 is 60.6 Å². The van der Waals surface area contributed by atoms with E-state index in [1.165, 1.54) is 13.8 Å². The van der Waals surface area contributed by atoms with Crippen LogP contribution in [0.1, 0.15) is 120 Å². The van der Waals surface area contributed by atoms with Gasteiger partial charge in [-0.05, 0) is 98.2 Å². The van der Waals surface area contributed by atoms with Crippen LogP contribution < -0.4 is 0 Å². The molecule has 314 valence electrons. The van der Waals surface area contributed by atoms with Crippen LogP contribution in [0.3, 0.4) is 0 Å². The minimum Gasteiger partial charge on any atom is -0.467 e. The Kier molecular flexibility index (Phi) is 13.5. The first-order chi connectivity index (χ1) is 26.3. The molecule has 0 spiro atoms. The van der Waals surface area contributed by atoms with Crippen LogP contribution in [0.2, 0.25) is 0 Å². The van der Waals surface area contributed by atoms with Crippen LogP contribution >= 0.6 is 0 Å². The highest BCUT2D eigenvalue weighted by Gasteiger charge is 2.64. The van der Waals surface area contributed by atoms with Gasteiger partial charge < -0.3 is 37.9 Å². The van der Waals surface area contributed by atoms with Crippen LogP contribution in [0.5, 0.6) is 0 Å². The third-order valence-electron chi connectivity index (χ3n) is 13.9. The fourth-order valence-corrected chi connectivity index (χ4v) is 11.7. The fourth-order valence-electron chi connectivity index (χ4n) is 11.7. The molecule has 15 nitrogen and oxygen atoms in total. The summed E-state index contributed by atoms with van der Waals surface area (Å²) >= 11 is 0. The van der Waals surface area contributed by atoms with E-state index in [2.05, 4.69) is 20.8 Å². The minimum atomic E-state index is -1.69. The van der Waals surface area contributed by atoms with Crippen LogP contribution in [0.4, 0.5) is 0 Å². The molecule has 0 aromatic heterocycles. The number of hydrogen-bond acceptors (Lipinski definition) is 15. The predicted molar refractivity (Wildman–Crippen MR) is 194 cm³/mol. The lowest BCUT2D eigenvalue weighted by Gasteiger charge is -2.62. The molecular weight excluding hydrogens is 732 g/mol. The van der Waals surface area contributed by atoms with Crippen LogP contribution in [0.25, 0.3) is 0 Å². The van der Waals surface area contributed by atoms with E-state index in [1.54, 1.807) is 0 Å². The number of carbonyl (C=O) groups excluding carboxylic acids is 7. The van der Waals surface area contributed by atoms with Crippen molar-refractivity contribution in [2.24, 2.45) is 46.3 Å². The molecule has 4 aliphatic carbocycles. The molecule has 15 heteroatoms.